The van der Waals surface area contributed by atoms with E-state index in [1.54, 1.807) is 33.7 Å². The third-order valence-corrected chi connectivity index (χ3v) is 11.9. The quantitative estimate of drug-likeness (QED) is 0.185. The molecule has 0 radical (unpaired) electrons. The van der Waals surface area contributed by atoms with Crippen molar-refractivity contribution in [1.82, 2.24) is 9.80 Å². The van der Waals surface area contributed by atoms with E-state index in [2.05, 4.69) is 29.1 Å². The molecule has 1 spiro atoms. The average molecular weight is 647 g/mol. The summed E-state index contributed by atoms with van der Waals surface area (Å²) in [7, 11) is 0. The standard InChI is InChI=1S/C32H44BrN3O4S/c1-6-17-34(22-15-11-10-12-16-22)28(38)24-25-29(39)35(19-13-8-9-14-20-37)27(32(25)21-23(33)26(24)41-32)30(40)36(18-7-2)31(3,4)5/h6-7,10-12,15-16,23-27,37H,1-2,8-9,13-14,17-21H2,3-5H3/t23?,24-,25+,26-,27?,32?/m1/s1. The Hall–Kier alpha value is -2.10. The summed E-state index contributed by atoms with van der Waals surface area (Å²) in [5.74, 6) is -1.38. The SMILES string of the molecule is C=CCN(C(=O)[C@H]1[C@@H]2SC3(CC2Br)C(C(=O)N(CC=C)C(C)(C)C)N(CCCCCCO)C(=O)[C@H]13)c1ccccc1. The van der Waals surface area contributed by atoms with Crippen LogP contribution in [0.15, 0.2) is 55.6 Å². The molecule has 3 aliphatic rings. The van der Waals surface area contributed by atoms with Crippen LogP contribution in [-0.2, 0) is 14.4 Å². The predicted molar refractivity (Wildman–Crippen MR) is 170 cm³/mol. The van der Waals surface area contributed by atoms with E-state index in [9.17, 15) is 19.5 Å². The molecule has 3 aliphatic heterocycles. The van der Waals surface area contributed by atoms with Crippen LogP contribution in [0, 0.1) is 11.8 Å². The first-order valence-corrected chi connectivity index (χ1v) is 16.5. The molecule has 0 saturated carbocycles. The van der Waals surface area contributed by atoms with Crippen molar-refractivity contribution in [3.63, 3.8) is 0 Å². The number of amides is 3. The van der Waals surface area contributed by atoms with Crippen molar-refractivity contribution in [3.8, 4) is 0 Å². The molecule has 3 fully saturated rings. The van der Waals surface area contributed by atoms with Gasteiger partial charge in [-0.1, -0.05) is 59.1 Å². The molecule has 2 bridgehead atoms. The number of aliphatic hydroxyl groups excluding tert-OH is 1. The normalized spacial score (nSPS) is 28.5. The van der Waals surface area contributed by atoms with Gasteiger partial charge in [-0.3, -0.25) is 14.4 Å². The first-order chi connectivity index (χ1) is 19.5. The number of para-hydroxylation sites is 1. The molecule has 1 aromatic carbocycles. The first kappa shape index (κ1) is 31.8. The number of hydrogen-bond acceptors (Lipinski definition) is 5. The molecule has 7 nitrogen and oxygen atoms in total. The molecular formula is C32H44BrN3O4S. The van der Waals surface area contributed by atoms with Gasteiger partial charge in [0.25, 0.3) is 0 Å². The molecule has 0 aliphatic carbocycles. The van der Waals surface area contributed by atoms with Gasteiger partial charge in [-0.2, -0.15) is 0 Å². The Morgan fingerprint density at radius 3 is 2.37 bits per heavy atom. The predicted octanol–water partition coefficient (Wildman–Crippen LogP) is 5.04. The highest BCUT2D eigenvalue weighted by Gasteiger charge is 2.76. The van der Waals surface area contributed by atoms with Gasteiger partial charge in [0.1, 0.15) is 6.04 Å². The van der Waals surface area contributed by atoms with Gasteiger partial charge in [0, 0.05) is 47.5 Å². The van der Waals surface area contributed by atoms with Gasteiger partial charge in [0.05, 0.1) is 16.6 Å². The molecule has 3 heterocycles. The Labute approximate surface area is 257 Å². The van der Waals surface area contributed by atoms with Crippen molar-refractivity contribution < 1.29 is 19.5 Å². The van der Waals surface area contributed by atoms with E-state index >= 15 is 0 Å². The van der Waals surface area contributed by atoms with Gasteiger partial charge < -0.3 is 19.8 Å². The fourth-order valence-corrected chi connectivity index (χ4v) is 10.5. The van der Waals surface area contributed by atoms with Crippen LogP contribution in [0.1, 0.15) is 52.9 Å². The van der Waals surface area contributed by atoms with Crippen LogP contribution in [0.2, 0.25) is 0 Å². The molecule has 4 rings (SSSR count). The fourth-order valence-electron chi connectivity index (χ4n) is 6.89. The number of hydrogen-bond donors (Lipinski definition) is 1. The highest BCUT2D eigenvalue weighted by atomic mass is 79.9. The maximum absolute atomic E-state index is 14.6. The number of carbonyl (C=O) groups excluding carboxylic acids is 3. The Morgan fingerprint density at radius 2 is 1.76 bits per heavy atom. The van der Waals surface area contributed by atoms with E-state index in [0.717, 1.165) is 31.4 Å². The third kappa shape index (κ3) is 5.91. The van der Waals surface area contributed by atoms with Gasteiger partial charge in [0.2, 0.25) is 17.7 Å². The lowest BCUT2D eigenvalue weighted by atomic mass is 9.70. The topological polar surface area (TPSA) is 81.2 Å². The molecule has 41 heavy (non-hydrogen) atoms. The van der Waals surface area contributed by atoms with Gasteiger partial charge in [-0.05, 0) is 52.2 Å². The Bertz CT molecular complexity index is 1140. The van der Waals surface area contributed by atoms with Gasteiger partial charge in [0.15, 0.2) is 0 Å². The average Bonchev–Trinajstić information content (AvgIpc) is 3.52. The zero-order valence-electron chi connectivity index (χ0n) is 24.5. The summed E-state index contributed by atoms with van der Waals surface area (Å²) in [6.45, 7) is 15.1. The van der Waals surface area contributed by atoms with Crippen molar-refractivity contribution in [2.45, 2.75) is 79.3 Å². The Kier molecular flexibility index (Phi) is 10.1. The van der Waals surface area contributed by atoms with Crippen LogP contribution in [0.25, 0.3) is 0 Å². The van der Waals surface area contributed by atoms with Crippen molar-refractivity contribution in [1.29, 1.82) is 0 Å². The second-order valence-corrected chi connectivity index (χ2v) is 15.0. The summed E-state index contributed by atoms with van der Waals surface area (Å²) in [6, 6.07) is 8.86. The lowest BCUT2D eigenvalue weighted by Gasteiger charge is -2.42. The Morgan fingerprint density at radius 1 is 1.10 bits per heavy atom. The first-order valence-electron chi connectivity index (χ1n) is 14.7. The highest BCUT2D eigenvalue weighted by Crippen LogP contribution is 2.68. The van der Waals surface area contributed by atoms with E-state index in [1.165, 1.54) is 0 Å². The molecular weight excluding hydrogens is 602 g/mol. The summed E-state index contributed by atoms with van der Waals surface area (Å²) in [6.07, 6.45) is 7.29. The largest absolute Gasteiger partial charge is 0.396 e. The van der Waals surface area contributed by atoms with Crippen molar-refractivity contribution in [2.24, 2.45) is 11.8 Å². The number of likely N-dealkylation sites (tertiary alicyclic amines) is 1. The number of rotatable bonds is 13. The van der Waals surface area contributed by atoms with E-state index in [4.69, 9.17) is 0 Å². The zero-order valence-corrected chi connectivity index (χ0v) is 26.9. The number of nitrogens with zero attached hydrogens (tertiary/aromatic N) is 3. The lowest BCUT2D eigenvalue weighted by Crippen LogP contribution is -2.59. The summed E-state index contributed by atoms with van der Waals surface area (Å²) < 4.78 is -0.695. The maximum atomic E-state index is 14.6. The molecule has 0 aromatic heterocycles. The van der Waals surface area contributed by atoms with E-state index in [-0.39, 0.29) is 34.4 Å². The summed E-state index contributed by atoms with van der Waals surface area (Å²) in [5, 5.41) is 9.09. The van der Waals surface area contributed by atoms with E-state index in [0.29, 0.717) is 26.1 Å². The number of halogens is 1. The minimum Gasteiger partial charge on any atom is -0.396 e. The second kappa shape index (κ2) is 13.0. The summed E-state index contributed by atoms with van der Waals surface area (Å²) >= 11 is 5.55. The van der Waals surface area contributed by atoms with Crippen molar-refractivity contribution in [3.05, 3.63) is 55.6 Å². The minimum absolute atomic E-state index is 0.00847. The number of anilines is 1. The highest BCUT2D eigenvalue weighted by molar-refractivity contribution is 9.09. The lowest BCUT2D eigenvalue weighted by molar-refractivity contribution is -0.145. The van der Waals surface area contributed by atoms with Crippen LogP contribution in [-0.4, -0.2) is 85.3 Å². The monoisotopic (exact) mass is 645 g/mol. The molecule has 3 amide bonds. The van der Waals surface area contributed by atoms with Crippen molar-refractivity contribution in [2.75, 3.05) is 31.1 Å². The number of benzene rings is 1. The number of aliphatic hydroxyl groups is 1. The minimum atomic E-state index is -0.695. The van der Waals surface area contributed by atoms with Gasteiger partial charge in [-0.25, -0.2) is 0 Å². The number of alkyl halides is 1. The number of thioether (sulfide) groups is 1. The molecule has 1 N–H and O–H groups in total. The van der Waals surface area contributed by atoms with Gasteiger partial charge in [-0.15, -0.1) is 24.9 Å². The van der Waals surface area contributed by atoms with E-state index in [1.807, 2.05) is 56.0 Å². The van der Waals surface area contributed by atoms with Crippen molar-refractivity contribution >= 4 is 51.1 Å². The molecule has 3 unspecified atom stereocenters. The number of carbonyl (C=O) groups is 3. The molecule has 6 atom stereocenters. The van der Waals surface area contributed by atoms with Crippen LogP contribution < -0.4 is 4.90 Å². The smallest absolute Gasteiger partial charge is 0.247 e. The molecule has 1 aromatic rings. The van der Waals surface area contributed by atoms with Crippen LogP contribution >= 0.6 is 27.7 Å². The number of unbranched alkanes of at least 4 members (excludes halogenated alkanes) is 3. The second-order valence-electron chi connectivity index (χ2n) is 12.3. The van der Waals surface area contributed by atoms with E-state index < -0.39 is 28.2 Å². The van der Waals surface area contributed by atoms with Crippen LogP contribution in [0.4, 0.5) is 5.69 Å². The Balaban J connectivity index is 1.75. The molecule has 3 saturated heterocycles. The number of fused-ring (bicyclic) bond motifs is 1. The summed E-state index contributed by atoms with van der Waals surface area (Å²) in [4.78, 5) is 48.8. The molecule has 224 valence electrons. The van der Waals surface area contributed by atoms with Crippen LogP contribution in [0.5, 0.6) is 0 Å². The zero-order chi connectivity index (χ0) is 29.9. The summed E-state index contributed by atoms with van der Waals surface area (Å²) in [5.41, 5.74) is 0.308. The fraction of sp³-hybridized carbons (Fsp3) is 0.594. The maximum Gasteiger partial charge on any atom is 0.247 e. The van der Waals surface area contributed by atoms with Gasteiger partial charge >= 0.3 is 0 Å². The molecule has 9 heteroatoms. The third-order valence-electron chi connectivity index (χ3n) is 8.65. The van der Waals surface area contributed by atoms with Crippen LogP contribution in [0.3, 0.4) is 0 Å².